The van der Waals surface area contributed by atoms with E-state index >= 15 is 0 Å². The Morgan fingerprint density at radius 1 is 1.11 bits per heavy atom. The van der Waals surface area contributed by atoms with Crippen LogP contribution in [0.4, 0.5) is 11.4 Å². The first-order valence-corrected chi connectivity index (χ1v) is 9.86. The predicted octanol–water partition coefficient (Wildman–Crippen LogP) is 5.90. The Morgan fingerprint density at radius 3 is 2.21 bits per heavy atom. The molecule has 4 heteroatoms. The van der Waals surface area contributed by atoms with E-state index in [1.54, 1.807) is 12.1 Å². The fourth-order valence-corrected chi connectivity index (χ4v) is 3.81. The van der Waals surface area contributed by atoms with Crippen LogP contribution in [-0.2, 0) is 10.8 Å². The number of anilines is 2. The summed E-state index contributed by atoms with van der Waals surface area (Å²) < 4.78 is 6.13. The number of nitrogens with zero attached hydrogens (tertiary/aromatic N) is 1. The first kappa shape index (κ1) is 20.2. The molecule has 3 rings (SSSR count). The van der Waals surface area contributed by atoms with Crippen LogP contribution in [0.15, 0.2) is 36.4 Å². The van der Waals surface area contributed by atoms with Gasteiger partial charge in [-0.2, -0.15) is 0 Å². The fourth-order valence-electron chi connectivity index (χ4n) is 3.81. The third-order valence-corrected chi connectivity index (χ3v) is 5.38. The van der Waals surface area contributed by atoms with Gasteiger partial charge in [0.25, 0.3) is 0 Å². The molecule has 28 heavy (non-hydrogen) atoms. The van der Waals surface area contributed by atoms with Crippen LogP contribution in [-0.4, -0.2) is 23.7 Å². The van der Waals surface area contributed by atoms with E-state index in [0.717, 1.165) is 17.1 Å². The second-order valence-corrected chi connectivity index (χ2v) is 9.61. The minimum Gasteiger partial charge on any atom is -0.492 e. The van der Waals surface area contributed by atoms with Crippen molar-refractivity contribution in [3.63, 3.8) is 0 Å². The average Bonchev–Trinajstić information content (AvgIpc) is 2.89. The van der Waals surface area contributed by atoms with Crippen LogP contribution >= 0.6 is 0 Å². The van der Waals surface area contributed by atoms with Gasteiger partial charge in [-0.3, -0.25) is 0 Å². The molecule has 0 unspecified atom stereocenters. The van der Waals surface area contributed by atoms with Crippen molar-refractivity contribution in [3.8, 4) is 5.75 Å². The third kappa shape index (κ3) is 3.60. The van der Waals surface area contributed by atoms with Gasteiger partial charge in [0.1, 0.15) is 5.75 Å². The Bertz CT molecular complexity index is 889. The molecular weight excluding hydrogens is 350 g/mol. The minimum absolute atomic E-state index is 0.0405. The van der Waals surface area contributed by atoms with E-state index in [4.69, 9.17) is 4.74 Å². The van der Waals surface area contributed by atoms with Gasteiger partial charge >= 0.3 is 5.97 Å². The van der Waals surface area contributed by atoms with E-state index < -0.39 is 5.97 Å². The van der Waals surface area contributed by atoms with Gasteiger partial charge in [0.15, 0.2) is 0 Å². The fraction of sp³-hybridized carbons (Fsp3) is 0.458. The lowest BCUT2D eigenvalue weighted by molar-refractivity contribution is 0.0697. The summed E-state index contributed by atoms with van der Waals surface area (Å²) in [5.74, 6) is 0.111. The molecule has 0 aliphatic carbocycles. The van der Waals surface area contributed by atoms with Crippen LogP contribution in [0.2, 0.25) is 0 Å². The Hall–Kier alpha value is -2.49. The molecule has 0 saturated carbocycles. The number of benzene rings is 2. The Morgan fingerprint density at radius 2 is 1.71 bits per heavy atom. The first-order valence-electron chi connectivity index (χ1n) is 9.86. The smallest absolute Gasteiger partial charge is 0.335 e. The molecule has 0 amide bonds. The summed E-state index contributed by atoms with van der Waals surface area (Å²) in [4.78, 5) is 13.5. The number of aromatic carboxylic acids is 1. The predicted molar refractivity (Wildman–Crippen MR) is 114 cm³/mol. The standard InChI is InChI=1S/C24H31NO3/c1-15(2)25(17-10-8-16(9-11-17)22(26)27)18-12-19(23(3,4)5)21-20(13-18)24(6,7)14-28-21/h8-13,15H,14H2,1-7H3,(H,26,27). The molecular formula is C24H31NO3. The topological polar surface area (TPSA) is 49.8 Å². The number of carboxylic acid groups (broad SMARTS) is 1. The molecule has 0 radical (unpaired) electrons. The van der Waals surface area contributed by atoms with Crippen molar-refractivity contribution in [1.82, 2.24) is 0 Å². The number of carbonyl (C=O) groups is 1. The van der Waals surface area contributed by atoms with E-state index in [0.29, 0.717) is 12.2 Å². The lowest BCUT2D eigenvalue weighted by atomic mass is 9.80. The molecule has 0 fully saturated rings. The Balaban J connectivity index is 2.18. The van der Waals surface area contributed by atoms with Crippen molar-refractivity contribution >= 4 is 17.3 Å². The van der Waals surface area contributed by atoms with Crippen molar-refractivity contribution < 1.29 is 14.6 Å². The summed E-state index contributed by atoms with van der Waals surface area (Å²) in [6.45, 7) is 16.1. The van der Waals surface area contributed by atoms with E-state index in [1.807, 2.05) is 12.1 Å². The number of hydrogen-bond donors (Lipinski definition) is 1. The van der Waals surface area contributed by atoms with Gasteiger partial charge < -0.3 is 14.7 Å². The number of ether oxygens (including phenoxy) is 1. The van der Waals surface area contributed by atoms with Crippen molar-refractivity contribution in [2.45, 2.75) is 65.3 Å². The van der Waals surface area contributed by atoms with E-state index in [2.05, 4.69) is 65.5 Å². The highest BCUT2D eigenvalue weighted by molar-refractivity contribution is 5.88. The normalized spacial score (nSPS) is 15.3. The van der Waals surface area contributed by atoms with Crippen LogP contribution in [0.25, 0.3) is 0 Å². The third-order valence-electron chi connectivity index (χ3n) is 5.38. The van der Waals surface area contributed by atoms with E-state index in [-0.39, 0.29) is 16.9 Å². The maximum atomic E-state index is 11.2. The van der Waals surface area contributed by atoms with Crippen molar-refractivity contribution in [1.29, 1.82) is 0 Å². The SMILES string of the molecule is CC(C)N(c1ccc(C(=O)O)cc1)c1cc(C(C)(C)C)c2c(c1)C(C)(C)CO2. The highest BCUT2D eigenvalue weighted by atomic mass is 16.5. The van der Waals surface area contributed by atoms with Gasteiger partial charge in [0.2, 0.25) is 0 Å². The summed E-state index contributed by atoms with van der Waals surface area (Å²) in [6.07, 6.45) is 0. The van der Waals surface area contributed by atoms with Gasteiger partial charge in [-0.25, -0.2) is 4.79 Å². The van der Waals surface area contributed by atoms with Crippen LogP contribution in [0.1, 0.15) is 70.0 Å². The van der Waals surface area contributed by atoms with Crippen LogP contribution in [0.5, 0.6) is 5.75 Å². The van der Waals surface area contributed by atoms with Gasteiger partial charge in [-0.1, -0.05) is 34.6 Å². The molecule has 0 saturated heterocycles. The molecule has 0 bridgehead atoms. The van der Waals surface area contributed by atoms with Crippen LogP contribution in [0.3, 0.4) is 0 Å². The second kappa shape index (κ2) is 6.84. The lowest BCUT2D eigenvalue weighted by Crippen LogP contribution is -2.27. The number of fused-ring (bicyclic) bond motifs is 1. The molecule has 1 aliphatic heterocycles. The van der Waals surface area contributed by atoms with Crippen molar-refractivity contribution in [3.05, 3.63) is 53.1 Å². The average molecular weight is 382 g/mol. The monoisotopic (exact) mass is 381 g/mol. The lowest BCUT2D eigenvalue weighted by Gasteiger charge is -2.32. The van der Waals surface area contributed by atoms with Crippen LogP contribution in [0, 0.1) is 0 Å². The second-order valence-electron chi connectivity index (χ2n) is 9.61. The highest BCUT2D eigenvalue weighted by Gasteiger charge is 2.37. The first-order chi connectivity index (χ1) is 12.9. The summed E-state index contributed by atoms with van der Waals surface area (Å²) in [5.41, 5.74) is 4.75. The summed E-state index contributed by atoms with van der Waals surface area (Å²) in [7, 11) is 0. The molecule has 0 atom stereocenters. The zero-order valence-corrected chi connectivity index (χ0v) is 18.0. The zero-order chi connectivity index (χ0) is 20.9. The molecule has 0 aromatic heterocycles. The molecule has 150 valence electrons. The molecule has 4 nitrogen and oxygen atoms in total. The van der Waals surface area contributed by atoms with E-state index in [9.17, 15) is 9.90 Å². The quantitative estimate of drug-likeness (QED) is 0.716. The number of rotatable bonds is 4. The van der Waals surface area contributed by atoms with Gasteiger partial charge in [0, 0.05) is 34.0 Å². The van der Waals surface area contributed by atoms with Crippen molar-refractivity contribution in [2.75, 3.05) is 11.5 Å². The maximum absolute atomic E-state index is 11.2. The van der Waals surface area contributed by atoms with Crippen molar-refractivity contribution in [2.24, 2.45) is 0 Å². The van der Waals surface area contributed by atoms with E-state index in [1.165, 1.54) is 11.1 Å². The molecule has 1 N–H and O–H groups in total. The maximum Gasteiger partial charge on any atom is 0.335 e. The van der Waals surface area contributed by atoms with Crippen LogP contribution < -0.4 is 9.64 Å². The molecule has 1 aliphatic rings. The Kier molecular flexibility index (Phi) is 4.95. The zero-order valence-electron chi connectivity index (χ0n) is 18.0. The summed E-state index contributed by atoms with van der Waals surface area (Å²) in [5, 5.41) is 9.20. The molecule has 2 aromatic carbocycles. The number of carboxylic acids is 1. The summed E-state index contributed by atoms with van der Waals surface area (Å²) >= 11 is 0. The molecule has 1 heterocycles. The summed E-state index contributed by atoms with van der Waals surface area (Å²) in [6, 6.07) is 11.8. The van der Waals surface area contributed by atoms with Gasteiger partial charge in [-0.15, -0.1) is 0 Å². The largest absolute Gasteiger partial charge is 0.492 e. The van der Waals surface area contributed by atoms with Gasteiger partial charge in [0.05, 0.1) is 12.2 Å². The Labute approximate surface area is 168 Å². The minimum atomic E-state index is -0.908. The van der Waals surface area contributed by atoms with Gasteiger partial charge in [-0.05, 0) is 55.7 Å². The molecule has 0 spiro atoms. The number of hydrogen-bond acceptors (Lipinski definition) is 3. The highest BCUT2D eigenvalue weighted by Crippen LogP contribution is 2.47. The molecule has 2 aromatic rings.